The Morgan fingerprint density at radius 1 is 1.53 bits per heavy atom. The molecule has 3 unspecified atom stereocenters. The van der Waals surface area contributed by atoms with Gasteiger partial charge in [0.1, 0.15) is 0 Å². The minimum atomic E-state index is -0.353. The van der Waals surface area contributed by atoms with Crippen LogP contribution in [0.5, 0.6) is 0 Å². The average molecular weight is 258 g/mol. The summed E-state index contributed by atoms with van der Waals surface area (Å²) in [6, 6.07) is 0.334. The summed E-state index contributed by atoms with van der Waals surface area (Å²) < 4.78 is 0. The van der Waals surface area contributed by atoms with Crippen LogP contribution in [0.1, 0.15) is 47.0 Å². The van der Waals surface area contributed by atoms with Crippen LogP contribution in [0.15, 0.2) is 0 Å². The van der Waals surface area contributed by atoms with Gasteiger partial charge in [-0.15, -0.1) is 0 Å². The van der Waals surface area contributed by atoms with Crippen molar-refractivity contribution >= 4 is 17.7 Å². The fourth-order valence-corrected chi connectivity index (χ4v) is 2.99. The summed E-state index contributed by atoms with van der Waals surface area (Å²) in [5.74, 6) is 1.39. The average Bonchev–Trinajstić information content (AvgIpc) is 2.59. The van der Waals surface area contributed by atoms with Crippen molar-refractivity contribution in [3.05, 3.63) is 0 Å². The van der Waals surface area contributed by atoms with Crippen molar-refractivity contribution in [3.63, 3.8) is 0 Å². The Morgan fingerprint density at radius 2 is 2.18 bits per heavy atom. The fourth-order valence-electron chi connectivity index (χ4n) is 2.41. The summed E-state index contributed by atoms with van der Waals surface area (Å²) in [6.45, 7) is 8.41. The molecule has 0 aliphatic carbocycles. The highest BCUT2D eigenvalue weighted by Gasteiger charge is 2.47. The van der Waals surface area contributed by atoms with Gasteiger partial charge in [0.25, 0.3) is 0 Å². The number of rotatable bonds is 6. The first-order valence-electron chi connectivity index (χ1n) is 6.59. The van der Waals surface area contributed by atoms with Crippen LogP contribution >= 0.6 is 11.8 Å². The van der Waals surface area contributed by atoms with Gasteiger partial charge in [0.15, 0.2) is 0 Å². The lowest BCUT2D eigenvalue weighted by Gasteiger charge is -2.30. The first kappa shape index (κ1) is 14.8. The van der Waals surface area contributed by atoms with Crippen LogP contribution in [0.25, 0.3) is 0 Å². The Hall–Kier alpha value is -0.220. The molecule has 1 heterocycles. The second-order valence-corrected chi connectivity index (χ2v) is 6.08. The molecule has 1 saturated heterocycles. The molecular formula is C13H26N2OS. The zero-order valence-electron chi connectivity index (χ0n) is 11.7. The van der Waals surface area contributed by atoms with Crippen LogP contribution in [-0.2, 0) is 4.79 Å². The predicted octanol–water partition coefficient (Wildman–Crippen LogP) is 2.46. The molecule has 0 aromatic heterocycles. The highest BCUT2D eigenvalue weighted by atomic mass is 32.2. The number of hydrogen-bond donors (Lipinski definition) is 1. The topological polar surface area (TPSA) is 32.3 Å². The third-order valence-corrected chi connectivity index (χ3v) is 4.48. The monoisotopic (exact) mass is 258 g/mol. The number of hydrogen-bond acceptors (Lipinski definition) is 3. The number of amides is 1. The van der Waals surface area contributed by atoms with Gasteiger partial charge < -0.3 is 4.90 Å². The van der Waals surface area contributed by atoms with Crippen molar-refractivity contribution < 1.29 is 4.79 Å². The molecule has 1 fully saturated rings. The molecule has 1 aliphatic heterocycles. The van der Waals surface area contributed by atoms with Crippen LogP contribution in [-0.4, -0.2) is 40.6 Å². The molecule has 17 heavy (non-hydrogen) atoms. The van der Waals surface area contributed by atoms with Crippen LogP contribution in [0, 0.1) is 0 Å². The maximum Gasteiger partial charge on any atom is 0.244 e. The van der Waals surface area contributed by atoms with Gasteiger partial charge in [-0.3, -0.25) is 10.1 Å². The Labute approximate surface area is 110 Å². The molecule has 0 aromatic rings. The maximum atomic E-state index is 12.5. The SMILES string of the molecule is CCC1NC(C)(CC)C(=O)N1C(C)CCSC. The van der Waals surface area contributed by atoms with Gasteiger partial charge in [0.05, 0.1) is 11.7 Å². The van der Waals surface area contributed by atoms with Crippen LogP contribution in [0.2, 0.25) is 0 Å². The third kappa shape index (κ3) is 2.97. The van der Waals surface area contributed by atoms with Crippen molar-refractivity contribution in [2.45, 2.75) is 64.7 Å². The summed E-state index contributed by atoms with van der Waals surface area (Å²) in [5, 5.41) is 3.49. The minimum absolute atomic E-state index is 0.212. The Morgan fingerprint density at radius 3 is 2.65 bits per heavy atom. The number of carbonyl (C=O) groups excluding carboxylic acids is 1. The highest BCUT2D eigenvalue weighted by molar-refractivity contribution is 7.98. The van der Waals surface area contributed by atoms with Crippen LogP contribution in [0.4, 0.5) is 0 Å². The molecule has 0 radical (unpaired) electrons. The lowest BCUT2D eigenvalue weighted by molar-refractivity contribution is -0.134. The largest absolute Gasteiger partial charge is 0.323 e. The second-order valence-electron chi connectivity index (χ2n) is 5.10. The fraction of sp³-hybridized carbons (Fsp3) is 0.923. The summed E-state index contributed by atoms with van der Waals surface area (Å²) in [7, 11) is 0. The molecule has 100 valence electrons. The van der Waals surface area contributed by atoms with Gasteiger partial charge in [-0.1, -0.05) is 13.8 Å². The van der Waals surface area contributed by atoms with Gasteiger partial charge in [-0.2, -0.15) is 11.8 Å². The number of carbonyl (C=O) groups is 1. The van der Waals surface area contributed by atoms with Gasteiger partial charge in [0.2, 0.25) is 5.91 Å². The molecule has 0 aromatic carbocycles. The maximum absolute atomic E-state index is 12.5. The molecule has 4 heteroatoms. The van der Waals surface area contributed by atoms with E-state index in [4.69, 9.17) is 0 Å². The summed E-state index contributed by atoms with van der Waals surface area (Å²) >= 11 is 1.85. The lowest BCUT2D eigenvalue weighted by Crippen LogP contribution is -2.44. The molecular weight excluding hydrogens is 232 g/mol. The quantitative estimate of drug-likeness (QED) is 0.794. The van der Waals surface area contributed by atoms with Crippen molar-refractivity contribution in [1.82, 2.24) is 10.2 Å². The first-order chi connectivity index (χ1) is 8.00. The summed E-state index contributed by atoms with van der Waals surface area (Å²) in [6.07, 6.45) is 5.23. The lowest BCUT2D eigenvalue weighted by atomic mass is 9.99. The molecule has 1 aliphatic rings. The zero-order chi connectivity index (χ0) is 13.1. The number of nitrogens with one attached hydrogen (secondary N) is 1. The normalized spacial score (nSPS) is 31.0. The third-order valence-electron chi connectivity index (χ3n) is 3.84. The van der Waals surface area contributed by atoms with E-state index in [0.29, 0.717) is 6.04 Å². The smallest absolute Gasteiger partial charge is 0.244 e. The molecule has 0 saturated carbocycles. The first-order valence-corrected chi connectivity index (χ1v) is 7.99. The van der Waals surface area contributed by atoms with Gasteiger partial charge in [0, 0.05) is 6.04 Å². The predicted molar refractivity (Wildman–Crippen MR) is 75.2 cm³/mol. The Bertz CT molecular complexity index is 272. The molecule has 3 atom stereocenters. The minimum Gasteiger partial charge on any atom is -0.323 e. The Kier molecular flexibility index (Phi) is 5.32. The van der Waals surface area contributed by atoms with E-state index in [0.717, 1.165) is 25.0 Å². The summed E-state index contributed by atoms with van der Waals surface area (Å²) in [5.41, 5.74) is -0.353. The van der Waals surface area contributed by atoms with E-state index >= 15 is 0 Å². The molecule has 1 amide bonds. The molecule has 1 N–H and O–H groups in total. The molecule has 0 spiro atoms. The standard InChI is InChI=1S/C13H26N2OS/c1-6-11-14-13(4,7-2)12(16)15(11)10(3)8-9-17-5/h10-11,14H,6-9H2,1-5H3. The zero-order valence-corrected chi connectivity index (χ0v) is 12.6. The number of thioether (sulfide) groups is 1. The van der Waals surface area contributed by atoms with Crippen molar-refractivity contribution in [2.24, 2.45) is 0 Å². The Balaban J connectivity index is 2.78. The van der Waals surface area contributed by atoms with E-state index < -0.39 is 0 Å². The summed E-state index contributed by atoms with van der Waals surface area (Å²) in [4.78, 5) is 14.6. The van der Waals surface area contributed by atoms with Gasteiger partial charge in [-0.25, -0.2) is 0 Å². The highest BCUT2D eigenvalue weighted by Crippen LogP contribution is 2.28. The van der Waals surface area contributed by atoms with Crippen LogP contribution in [0.3, 0.4) is 0 Å². The molecule has 0 bridgehead atoms. The van der Waals surface area contributed by atoms with Crippen molar-refractivity contribution in [2.75, 3.05) is 12.0 Å². The van der Waals surface area contributed by atoms with Crippen molar-refractivity contribution in [3.8, 4) is 0 Å². The van der Waals surface area contributed by atoms with Gasteiger partial charge >= 0.3 is 0 Å². The second kappa shape index (κ2) is 6.10. The molecule has 3 nitrogen and oxygen atoms in total. The van der Waals surface area contributed by atoms with E-state index in [2.05, 4.69) is 37.2 Å². The van der Waals surface area contributed by atoms with E-state index in [1.165, 1.54) is 0 Å². The van der Waals surface area contributed by atoms with Crippen molar-refractivity contribution in [1.29, 1.82) is 0 Å². The number of nitrogens with zero attached hydrogens (tertiary/aromatic N) is 1. The molecule has 1 rings (SSSR count). The van der Waals surface area contributed by atoms with E-state index in [1.54, 1.807) is 0 Å². The van der Waals surface area contributed by atoms with Crippen LogP contribution < -0.4 is 5.32 Å². The van der Waals surface area contributed by atoms with E-state index in [9.17, 15) is 4.79 Å². The van der Waals surface area contributed by atoms with E-state index in [1.807, 2.05) is 18.7 Å². The van der Waals surface area contributed by atoms with E-state index in [-0.39, 0.29) is 17.6 Å². The van der Waals surface area contributed by atoms with Gasteiger partial charge in [-0.05, 0) is 45.1 Å².